The van der Waals surface area contributed by atoms with Gasteiger partial charge in [0.05, 0.1) is 11.4 Å². The lowest BCUT2D eigenvalue weighted by Crippen LogP contribution is -2.38. The van der Waals surface area contributed by atoms with Gasteiger partial charge >= 0.3 is 0 Å². The number of nitrogens with zero attached hydrogens (tertiary/aromatic N) is 4. The van der Waals surface area contributed by atoms with Crippen LogP contribution in [0.5, 0.6) is 0 Å². The first-order valence-corrected chi connectivity index (χ1v) is 9.68. The summed E-state index contributed by atoms with van der Waals surface area (Å²) in [6.07, 6.45) is 5.68. The molecule has 4 heterocycles. The van der Waals surface area contributed by atoms with Gasteiger partial charge in [-0.25, -0.2) is 9.50 Å². The largest absolute Gasteiger partial charge is 0.289 e. The van der Waals surface area contributed by atoms with E-state index >= 15 is 0 Å². The number of fused-ring (bicyclic) bond motifs is 6. The maximum absolute atomic E-state index is 4.94. The first kappa shape index (κ1) is 16.0. The van der Waals surface area contributed by atoms with Gasteiger partial charge in [0.15, 0.2) is 5.65 Å². The third-order valence-electron chi connectivity index (χ3n) is 6.02. The lowest BCUT2D eigenvalue weighted by molar-refractivity contribution is 0.165. The average Bonchev–Trinajstić information content (AvgIpc) is 3.16. The van der Waals surface area contributed by atoms with Crippen LogP contribution in [0.15, 0.2) is 42.6 Å². The normalized spacial score (nSPS) is 22.7. The Bertz CT molecular complexity index is 951. The Balaban J connectivity index is 1.55. The first-order valence-electron chi connectivity index (χ1n) is 9.68. The van der Waals surface area contributed by atoms with Crippen LogP contribution in [0.25, 0.3) is 5.65 Å². The average molecular weight is 346 g/mol. The van der Waals surface area contributed by atoms with Crippen molar-refractivity contribution in [2.45, 2.75) is 64.1 Å². The van der Waals surface area contributed by atoms with Crippen molar-refractivity contribution in [2.75, 3.05) is 0 Å². The molecule has 0 radical (unpaired) electrons. The maximum Gasteiger partial charge on any atom is 0.155 e. The Hall–Kier alpha value is -2.20. The summed E-state index contributed by atoms with van der Waals surface area (Å²) in [5.74, 6) is 0. The number of hydrogen-bond donors (Lipinski definition) is 0. The van der Waals surface area contributed by atoms with E-state index < -0.39 is 0 Å². The van der Waals surface area contributed by atoms with E-state index in [9.17, 15) is 0 Å². The molecular formula is C22H26N4. The molecule has 3 aromatic rings. The SMILES string of the molecule is CC(C)(C)c1cc2ncc3c(n2n1)C[C@@H]1CC[C@H]3N1Cc1ccccc1. The van der Waals surface area contributed by atoms with E-state index in [2.05, 4.69) is 72.8 Å². The van der Waals surface area contributed by atoms with E-state index in [1.54, 1.807) is 0 Å². The predicted octanol–water partition coefficient (Wildman–Crippen LogP) is 4.29. The molecule has 0 amide bonds. The number of aromatic nitrogens is 3. The lowest BCUT2D eigenvalue weighted by Gasteiger charge is -2.36. The number of benzene rings is 1. The second-order valence-corrected chi connectivity index (χ2v) is 8.82. The summed E-state index contributed by atoms with van der Waals surface area (Å²) in [5, 5.41) is 4.94. The summed E-state index contributed by atoms with van der Waals surface area (Å²) in [4.78, 5) is 7.44. The fourth-order valence-electron chi connectivity index (χ4n) is 4.59. The van der Waals surface area contributed by atoms with E-state index in [1.165, 1.54) is 29.7 Å². The van der Waals surface area contributed by atoms with Gasteiger partial charge in [-0.05, 0) is 18.4 Å². The van der Waals surface area contributed by atoms with Gasteiger partial charge in [-0.1, -0.05) is 51.1 Å². The van der Waals surface area contributed by atoms with E-state index in [0.29, 0.717) is 12.1 Å². The van der Waals surface area contributed by atoms with Crippen LogP contribution in [0, 0.1) is 0 Å². The molecule has 0 N–H and O–H groups in total. The fourth-order valence-corrected chi connectivity index (χ4v) is 4.59. The van der Waals surface area contributed by atoms with Crippen LogP contribution >= 0.6 is 0 Å². The van der Waals surface area contributed by atoms with Crippen molar-refractivity contribution in [1.82, 2.24) is 19.5 Å². The van der Waals surface area contributed by atoms with Crippen molar-refractivity contribution >= 4 is 5.65 Å². The fraction of sp³-hybridized carbons (Fsp3) is 0.455. The summed E-state index contributed by atoms with van der Waals surface area (Å²) in [6, 6.07) is 14.1. The molecule has 134 valence electrons. The Labute approximate surface area is 154 Å². The Morgan fingerprint density at radius 3 is 2.69 bits per heavy atom. The highest BCUT2D eigenvalue weighted by molar-refractivity contribution is 5.45. The quantitative estimate of drug-likeness (QED) is 0.694. The number of hydrogen-bond acceptors (Lipinski definition) is 3. The van der Waals surface area contributed by atoms with Crippen LogP contribution in [0.3, 0.4) is 0 Å². The molecule has 1 fully saturated rings. The van der Waals surface area contributed by atoms with Crippen molar-refractivity contribution in [3.8, 4) is 0 Å². The van der Waals surface area contributed by atoms with Gasteiger partial charge in [0.25, 0.3) is 0 Å². The molecule has 0 saturated carbocycles. The van der Waals surface area contributed by atoms with Crippen molar-refractivity contribution < 1.29 is 0 Å². The smallest absolute Gasteiger partial charge is 0.155 e. The van der Waals surface area contributed by atoms with Crippen LogP contribution in [-0.4, -0.2) is 25.5 Å². The van der Waals surface area contributed by atoms with Gasteiger partial charge in [-0.15, -0.1) is 0 Å². The summed E-state index contributed by atoms with van der Waals surface area (Å²) in [5.41, 5.74) is 6.32. The van der Waals surface area contributed by atoms with E-state index in [1.807, 2.05) is 0 Å². The van der Waals surface area contributed by atoms with Crippen molar-refractivity contribution in [3.05, 3.63) is 65.1 Å². The van der Waals surface area contributed by atoms with Gasteiger partial charge in [-0.3, -0.25) is 4.90 Å². The minimum atomic E-state index is 0.0492. The summed E-state index contributed by atoms with van der Waals surface area (Å²) in [6.45, 7) is 7.67. The Kier molecular flexibility index (Phi) is 3.48. The molecule has 26 heavy (non-hydrogen) atoms. The molecule has 5 rings (SSSR count). The van der Waals surface area contributed by atoms with Crippen LogP contribution in [0.4, 0.5) is 0 Å². The Morgan fingerprint density at radius 2 is 1.92 bits per heavy atom. The molecule has 0 spiro atoms. The van der Waals surface area contributed by atoms with Gasteiger partial charge < -0.3 is 0 Å². The highest BCUT2D eigenvalue weighted by Gasteiger charge is 2.41. The highest BCUT2D eigenvalue weighted by Crippen LogP contribution is 2.44. The predicted molar refractivity (Wildman–Crippen MR) is 103 cm³/mol. The van der Waals surface area contributed by atoms with Gasteiger partial charge in [-0.2, -0.15) is 5.10 Å². The number of rotatable bonds is 2. The van der Waals surface area contributed by atoms with Crippen LogP contribution in [0.2, 0.25) is 0 Å². The van der Waals surface area contributed by atoms with Gasteiger partial charge in [0, 0.05) is 48.3 Å². The molecule has 4 nitrogen and oxygen atoms in total. The molecule has 1 saturated heterocycles. The van der Waals surface area contributed by atoms with E-state index in [0.717, 1.165) is 24.3 Å². The molecular weight excluding hydrogens is 320 g/mol. The molecule has 0 aliphatic carbocycles. The zero-order chi connectivity index (χ0) is 17.9. The molecule has 2 atom stereocenters. The first-order chi connectivity index (χ1) is 12.5. The third-order valence-corrected chi connectivity index (χ3v) is 6.02. The van der Waals surface area contributed by atoms with Gasteiger partial charge in [0.1, 0.15) is 0 Å². The van der Waals surface area contributed by atoms with Crippen molar-refractivity contribution in [2.24, 2.45) is 0 Å². The molecule has 2 bridgehead atoms. The summed E-state index contributed by atoms with van der Waals surface area (Å²) >= 11 is 0. The van der Waals surface area contributed by atoms with Crippen LogP contribution < -0.4 is 0 Å². The van der Waals surface area contributed by atoms with Gasteiger partial charge in [0.2, 0.25) is 0 Å². The minimum Gasteiger partial charge on any atom is -0.289 e. The van der Waals surface area contributed by atoms with Crippen molar-refractivity contribution in [3.63, 3.8) is 0 Å². The van der Waals surface area contributed by atoms with Crippen molar-refractivity contribution in [1.29, 1.82) is 0 Å². The minimum absolute atomic E-state index is 0.0492. The van der Waals surface area contributed by atoms with Crippen LogP contribution in [0.1, 0.15) is 62.2 Å². The van der Waals surface area contributed by atoms with Crippen LogP contribution in [-0.2, 0) is 18.4 Å². The molecule has 2 aliphatic heterocycles. The standard InChI is InChI=1S/C22H26N4/c1-22(2,3)20-12-21-23-13-17-18-10-9-16(11-19(17)26(21)24-20)25(18)14-15-7-5-4-6-8-15/h4-8,12-13,16,18H,9-11,14H2,1-3H3/t16-,18+/m0/s1. The topological polar surface area (TPSA) is 33.4 Å². The summed E-state index contributed by atoms with van der Waals surface area (Å²) < 4.78 is 2.13. The monoisotopic (exact) mass is 346 g/mol. The molecule has 0 unspecified atom stereocenters. The molecule has 2 aliphatic rings. The highest BCUT2D eigenvalue weighted by atomic mass is 15.3. The Morgan fingerprint density at radius 1 is 1.12 bits per heavy atom. The second-order valence-electron chi connectivity index (χ2n) is 8.82. The summed E-state index contributed by atoms with van der Waals surface area (Å²) in [7, 11) is 0. The molecule has 2 aromatic heterocycles. The maximum atomic E-state index is 4.94. The molecule has 1 aromatic carbocycles. The zero-order valence-corrected chi connectivity index (χ0v) is 15.8. The zero-order valence-electron chi connectivity index (χ0n) is 15.8. The van der Waals surface area contributed by atoms with E-state index in [-0.39, 0.29) is 5.41 Å². The lowest BCUT2D eigenvalue weighted by atomic mass is 9.93. The molecule has 4 heteroatoms. The third kappa shape index (κ3) is 2.47. The second kappa shape index (κ2) is 5.65. The van der Waals surface area contributed by atoms with E-state index in [4.69, 9.17) is 10.1 Å².